The number of benzene rings is 1. The molecule has 0 aliphatic carbocycles. The topological polar surface area (TPSA) is 101 Å². The SMILES string of the molecule is CC(=O)N1CC(CC(=O)O)c2cc(Br)cc([N+](=O)[O-])c21. The van der Waals surface area contributed by atoms with Crippen LogP contribution >= 0.6 is 15.9 Å². The molecule has 1 heterocycles. The average Bonchev–Trinajstić information content (AvgIpc) is 2.66. The molecule has 1 aromatic rings. The zero-order chi connectivity index (χ0) is 15.0. The van der Waals surface area contributed by atoms with E-state index in [1.165, 1.54) is 17.9 Å². The van der Waals surface area contributed by atoms with Crippen LogP contribution in [0.5, 0.6) is 0 Å². The Bertz CT molecular complexity index is 616. The molecule has 20 heavy (non-hydrogen) atoms. The maximum atomic E-state index is 11.6. The van der Waals surface area contributed by atoms with Gasteiger partial charge in [-0.15, -0.1) is 0 Å². The van der Waals surface area contributed by atoms with E-state index in [1.807, 2.05) is 0 Å². The summed E-state index contributed by atoms with van der Waals surface area (Å²) < 4.78 is 0.490. The number of anilines is 1. The summed E-state index contributed by atoms with van der Waals surface area (Å²) in [7, 11) is 0. The molecule has 0 spiro atoms. The highest BCUT2D eigenvalue weighted by molar-refractivity contribution is 9.10. The second-order valence-corrected chi connectivity index (χ2v) is 5.46. The van der Waals surface area contributed by atoms with E-state index >= 15 is 0 Å². The number of fused-ring (bicyclic) bond motifs is 1. The minimum atomic E-state index is -1.01. The molecule has 0 bridgehead atoms. The number of nitro groups is 1. The quantitative estimate of drug-likeness (QED) is 0.670. The Morgan fingerprint density at radius 1 is 1.55 bits per heavy atom. The first-order valence-electron chi connectivity index (χ1n) is 5.79. The van der Waals surface area contributed by atoms with E-state index in [4.69, 9.17) is 5.11 Å². The van der Waals surface area contributed by atoms with Gasteiger partial charge in [-0.3, -0.25) is 19.7 Å². The summed E-state index contributed by atoms with van der Waals surface area (Å²) in [6.45, 7) is 1.45. The van der Waals surface area contributed by atoms with Gasteiger partial charge in [-0.1, -0.05) is 15.9 Å². The molecule has 7 nitrogen and oxygen atoms in total. The molecular weight excluding hydrogens is 332 g/mol. The molecule has 1 aliphatic rings. The van der Waals surface area contributed by atoms with Crippen molar-refractivity contribution in [2.75, 3.05) is 11.4 Å². The van der Waals surface area contributed by atoms with Gasteiger partial charge < -0.3 is 10.0 Å². The van der Waals surface area contributed by atoms with Gasteiger partial charge in [0, 0.05) is 29.9 Å². The zero-order valence-electron chi connectivity index (χ0n) is 10.5. The highest BCUT2D eigenvalue weighted by Crippen LogP contribution is 2.45. The minimum Gasteiger partial charge on any atom is -0.481 e. The molecule has 1 N–H and O–H groups in total. The van der Waals surface area contributed by atoms with E-state index in [0.29, 0.717) is 10.0 Å². The number of rotatable bonds is 3. The molecule has 1 unspecified atom stereocenters. The molecule has 2 rings (SSSR count). The summed E-state index contributed by atoms with van der Waals surface area (Å²) in [5, 5.41) is 20.1. The number of carboxylic acid groups (broad SMARTS) is 1. The van der Waals surface area contributed by atoms with Crippen LogP contribution in [0.4, 0.5) is 11.4 Å². The maximum absolute atomic E-state index is 11.6. The summed E-state index contributed by atoms with van der Waals surface area (Å²) in [6.07, 6.45) is -0.176. The molecule has 1 atom stereocenters. The van der Waals surface area contributed by atoms with Crippen LogP contribution in [-0.4, -0.2) is 28.5 Å². The van der Waals surface area contributed by atoms with Crippen molar-refractivity contribution in [2.24, 2.45) is 0 Å². The van der Waals surface area contributed by atoms with Gasteiger partial charge in [0.1, 0.15) is 5.69 Å². The van der Waals surface area contributed by atoms with E-state index in [9.17, 15) is 19.7 Å². The van der Waals surface area contributed by atoms with Crippen LogP contribution in [0.15, 0.2) is 16.6 Å². The first-order valence-corrected chi connectivity index (χ1v) is 6.58. The summed E-state index contributed by atoms with van der Waals surface area (Å²) >= 11 is 3.18. The number of aliphatic carboxylic acids is 1. The van der Waals surface area contributed by atoms with Crippen molar-refractivity contribution in [3.8, 4) is 0 Å². The minimum absolute atomic E-state index is 0.147. The molecular formula is C12H11BrN2O5. The van der Waals surface area contributed by atoms with Crippen molar-refractivity contribution in [2.45, 2.75) is 19.3 Å². The fourth-order valence-electron chi connectivity index (χ4n) is 2.43. The van der Waals surface area contributed by atoms with E-state index in [-0.39, 0.29) is 30.2 Å². The molecule has 0 aromatic heterocycles. The smallest absolute Gasteiger partial charge is 0.304 e. The highest BCUT2D eigenvalue weighted by atomic mass is 79.9. The van der Waals surface area contributed by atoms with Crippen molar-refractivity contribution in [3.63, 3.8) is 0 Å². The third kappa shape index (κ3) is 2.51. The maximum Gasteiger partial charge on any atom is 0.304 e. The predicted octanol–water partition coefficient (Wildman–Crippen LogP) is 2.28. The number of amides is 1. The van der Waals surface area contributed by atoms with Gasteiger partial charge in [-0.25, -0.2) is 0 Å². The predicted molar refractivity (Wildman–Crippen MR) is 73.8 cm³/mol. The Morgan fingerprint density at radius 2 is 2.20 bits per heavy atom. The van der Waals surface area contributed by atoms with Gasteiger partial charge in [0.25, 0.3) is 5.69 Å². The van der Waals surface area contributed by atoms with Gasteiger partial charge in [0.15, 0.2) is 0 Å². The number of carbonyl (C=O) groups excluding carboxylic acids is 1. The number of nitro benzene ring substituents is 1. The molecule has 0 fully saturated rings. The lowest BCUT2D eigenvalue weighted by Crippen LogP contribution is -2.28. The van der Waals surface area contributed by atoms with Crippen molar-refractivity contribution >= 4 is 39.2 Å². The standard InChI is InChI=1S/C12H11BrN2O5/c1-6(16)14-5-7(2-11(17)18)9-3-8(13)4-10(12(9)14)15(19)20/h3-4,7H,2,5H2,1H3,(H,17,18). The fourth-order valence-corrected chi connectivity index (χ4v) is 2.89. The van der Waals surface area contributed by atoms with Crippen LogP contribution in [0.3, 0.4) is 0 Å². The summed E-state index contributed by atoms with van der Waals surface area (Å²) in [5.74, 6) is -1.79. The number of hydrogen-bond donors (Lipinski definition) is 1. The van der Waals surface area contributed by atoms with Gasteiger partial charge in [0.2, 0.25) is 5.91 Å². The van der Waals surface area contributed by atoms with Crippen LogP contribution in [-0.2, 0) is 9.59 Å². The third-order valence-electron chi connectivity index (χ3n) is 3.19. The van der Waals surface area contributed by atoms with Crippen LogP contribution < -0.4 is 4.90 Å². The van der Waals surface area contributed by atoms with Gasteiger partial charge in [0.05, 0.1) is 11.3 Å². The fraction of sp³-hybridized carbons (Fsp3) is 0.333. The molecule has 106 valence electrons. The average molecular weight is 343 g/mol. The monoisotopic (exact) mass is 342 g/mol. The Morgan fingerprint density at radius 3 is 2.70 bits per heavy atom. The van der Waals surface area contributed by atoms with Crippen molar-refractivity contribution in [3.05, 3.63) is 32.3 Å². The number of carboxylic acids is 1. The first-order chi connectivity index (χ1) is 9.31. The molecule has 1 aromatic carbocycles. The van der Waals surface area contributed by atoms with E-state index in [0.717, 1.165) is 0 Å². The van der Waals surface area contributed by atoms with E-state index < -0.39 is 16.8 Å². The Hall–Kier alpha value is -1.96. The summed E-state index contributed by atoms with van der Waals surface area (Å²) in [4.78, 5) is 34.4. The van der Waals surface area contributed by atoms with Crippen LogP contribution in [0.25, 0.3) is 0 Å². The molecule has 0 saturated carbocycles. The van der Waals surface area contributed by atoms with Crippen molar-refractivity contribution in [1.29, 1.82) is 0 Å². The van der Waals surface area contributed by atoms with Crippen LogP contribution in [0, 0.1) is 10.1 Å². The third-order valence-corrected chi connectivity index (χ3v) is 3.65. The second-order valence-electron chi connectivity index (χ2n) is 4.54. The van der Waals surface area contributed by atoms with Crippen LogP contribution in [0.1, 0.15) is 24.8 Å². The largest absolute Gasteiger partial charge is 0.481 e. The number of nitrogens with zero attached hydrogens (tertiary/aromatic N) is 2. The normalized spacial score (nSPS) is 16.9. The Kier molecular flexibility index (Phi) is 3.76. The molecule has 1 amide bonds. The Balaban J connectivity index is 2.61. The van der Waals surface area contributed by atoms with Crippen molar-refractivity contribution < 1.29 is 19.6 Å². The Labute approximate surface area is 122 Å². The molecule has 0 radical (unpaired) electrons. The zero-order valence-corrected chi connectivity index (χ0v) is 12.1. The van der Waals surface area contributed by atoms with Gasteiger partial charge in [-0.05, 0) is 11.6 Å². The molecule has 8 heteroatoms. The first kappa shape index (κ1) is 14.4. The number of hydrogen-bond acceptors (Lipinski definition) is 4. The lowest BCUT2D eigenvalue weighted by molar-refractivity contribution is -0.384. The van der Waals surface area contributed by atoms with Crippen molar-refractivity contribution in [1.82, 2.24) is 0 Å². The van der Waals surface area contributed by atoms with E-state index in [1.54, 1.807) is 6.07 Å². The number of halogens is 1. The van der Waals surface area contributed by atoms with Gasteiger partial charge >= 0.3 is 5.97 Å². The second kappa shape index (κ2) is 5.20. The summed E-state index contributed by atoms with van der Waals surface area (Å²) in [5.41, 5.74) is 0.526. The van der Waals surface area contributed by atoms with E-state index in [2.05, 4.69) is 15.9 Å². The lowest BCUT2D eigenvalue weighted by atomic mass is 9.97. The molecule has 0 saturated heterocycles. The van der Waals surface area contributed by atoms with Crippen LogP contribution in [0.2, 0.25) is 0 Å². The number of carbonyl (C=O) groups is 2. The van der Waals surface area contributed by atoms with Gasteiger partial charge in [-0.2, -0.15) is 0 Å². The lowest BCUT2D eigenvalue weighted by Gasteiger charge is -2.14. The summed E-state index contributed by atoms with van der Waals surface area (Å²) in [6, 6.07) is 2.96. The highest BCUT2D eigenvalue weighted by Gasteiger charge is 2.38. The molecule has 1 aliphatic heterocycles.